The lowest BCUT2D eigenvalue weighted by molar-refractivity contribution is -0.125. The fourth-order valence-corrected chi connectivity index (χ4v) is 0.836. The Bertz CT molecular complexity index is 217. The van der Waals surface area contributed by atoms with Gasteiger partial charge in [-0.05, 0) is 6.92 Å². The maximum atomic E-state index is 11.3. The molecule has 1 amide bonds. The molecule has 0 bridgehead atoms. The number of hydrogen-bond acceptors (Lipinski definition) is 2. The number of hydrogen-bond donors (Lipinski definition) is 1. The molecule has 3 nitrogen and oxygen atoms in total. The summed E-state index contributed by atoms with van der Waals surface area (Å²) in [5.41, 5.74) is 0. The van der Waals surface area contributed by atoms with Crippen LogP contribution in [0.1, 0.15) is 6.92 Å². The molecule has 3 heteroatoms. The van der Waals surface area contributed by atoms with Crippen molar-refractivity contribution in [1.29, 1.82) is 0 Å². The average molecular weight is 181 g/mol. The van der Waals surface area contributed by atoms with E-state index in [1.54, 1.807) is 12.2 Å². The Morgan fingerprint density at radius 3 is 2.15 bits per heavy atom. The van der Waals surface area contributed by atoms with Crippen LogP contribution in [0.3, 0.4) is 0 Å². The molecule has 0 atom stereocenters. The maximum Gasteiger partial charge on any atom is 0.250 e. The van der Waals surface area contributed by atoms with Crippen molar-refractivity contribution < 1.29 is 9.90 Å². The third-order valence-corrected chi connectivity index (χ3v) is 1.34. The highest BCUT2D eigenvalue weighted by Gasteiger charge is 2.06. The summed E-state index contributed by atoms with van der Waals surface area (Å²) in [6, 6.07) is 0. The second-order valence-corrected chi connectivity index (χ2v) is 2.61. The van der Waals surface area contributed by atoms with Crippen LogP contribution in [0.2, 0.25) is 0 Å². The third kappa shape index (κ3) is 4.85. The van der Waals surface area contributed by atoms with Crippen molar-refractivity contribution >= 4 is 5.91 Å². The van der Waals surface area contributed by atoms with Crippen LogP contribution >= 0.6 is 0 Å². The predicted molar refractivity (Wildman–Crippen MR) is 53.4 cm³/mol. The Morgan fingerprint density at radius 2 is 1.85 bits per heavy atom. The number of carbonyl (C=O) groups is 1. The first-order chi connectivity index (χ1) is 6.11. The number of nitrogens with zero attached hydrogens (tertiary/aromatic N) is 1. The minimum atomic E-state index is -0.236. The number of carbonyl (C=O) groups excluding carboxylic acids is 1. The Morgan fingerprint density at radius 1 is 1.38 bits per heavy atom. The van der Waals surface area contributed by atoms with E-state index in [9.17, 15) is 4.79 Å². The first-order valence-electron chi connectivity index (χ1n) is 3.99. The van der Waals surface area contributed by atoms with Gasteiger partial charge in [-0.15, -0.1) is 13.2 Å². The lowest BCUT2D eigenvalue weighted by Crippen LogP contribution is -2.29. The summed E-state index contributed by atoms with van der Waals surface area (Å²) in [4.78, 5) is 12.8. The van der Waals surface area contributed by atoms with Gasteiger partial charge in [-0.2, -0.15) is 0 Å². The van der Waals surface area contributed by atoms with Gasteiger partial charge in [-0.25, -0.2) is 0 Å². The number of aliphatic hydroxyl groups excluding tert-OH is 1. The van der Waals surface area contributed by atoms with Crippen molar-refractivity contribution in [2.24, 2.45) is 0 Å². The lowest BCUT2D eigenvalue weighted by atomic mass is 10.3. The molecule has 0 heterocycles. The van der Waals surface area contributed by atoms with Gasteiger partial charge in [0, 0.05) is 19.2 Å². The monoisotopic (exact) mass is 181 g/mol. The van der Waals surface area contributed by atoms with Gasteiger partial charge >= 0.3 is 0 Å². The van der Waals surface area contributed by atoms with Crippen LogP contribution in [-0.2, 0) is 4.79 Å². The van der Waals surface area contributed by atoms with Crippen molar-refractivity contribution in [1.82, 2.24) is 4.90 Å². The number of amides is 1. The number of aliphatic hydroxyl groups is 1. The summed E-state index contributed by atoms with van der Waals surface area (Å²) in [5.74, 6) is -0.233. The largest absolute Gasteiger partial charge is 0.512 e. The zero-order valence-electron chi connectivity index (χ0n) is 7.86. The topological polar surface area (TPSA) is 40.5 Å². The highest BCUT2D eigenvalue weighted by atomic mass is 16.3. The Balaban J connectivity index is 4.35. The summed E-state index contributed by atoms with van der Waals surface area (Å²) in [5, 5.41) is 8.87. The van der Waals surface area contributed by atoms with E-state index in [0.717, 1.165) is 0 Å². The molecule has 72 valence electrons. The van der Waals surface area contributed by atoms with E-state index < -0.39 is 0 Å². The van der Waals surface area contributed by atoms with E-state index in [1.807, 2.05) is 0 Å². The number of rotatable bonds is 5. The van der Waals surface area contributed by atoms with Gasteiger partial charge in [0.25, 0.3) is 0 Å². The summed E-state index contributed by atoms with van der Waals surface area (Å²) < 4.78 is 0. The Labute approximate surface area is 78.7 Å². The quantitative estimate of drug-likeness (QED) is 0.398. The van der Waals surface area contributed by atoms with Crippen LogP contribution in [-0.4, -0.2) is 29.0 Å². The minimum Gasteiger partial charge on any atom is -0.512 e. The van der Waals surface area contributed by atoms with Crippen molar-refractivity contribution in [2.75, 3.05) is 13.1 Å². The van der Waals surface area contributed by atoms with Crippen LogP contribution in [0, 0.1) is 0 Å². The van der Waals surface area contributed by atoms with Gasteiger partial charge in [0.15, 0.2) is 0 Å². The molecule has 0 aromatic rings. The number of allylic oxidation sites excluding steroid dienone is 1. The normalized spacial score (nSPS) is 10.7. The zero-order chi connectivity index (χ0) is 10.3. The fraction of sp³-hybridized carbons (Fsp3) is 0.300. The van der Waals surface area contributed by atoms with Gasteiger partial charge in [-0.1, -0.05) is 12.2 Å². The summed E-state index contributed by atoms with van der Waals surface area (Å²) in [7, 11) is 0. The molecule has 0 fully saturated rings. The molecule has 0 saturated carbocycles. The molecule has 0 rings (SSSR count). The Hall–Kier alpha value is -1.51. The van der Waals surface area contributed by atoms with Crippen LogP contribution in [0.5, 0.6) is 0 Å². The van der Waals surface area contributed by atoms with E-state index >= 15 is 0 Å². The molecule has 0 aromatic carbocycles. The summed E-state index contributed by atoms with van der Waals surface area (Å²) in [6.07, 6.45) is 4.43. The maximum absolute atomic E-state index is 11.3. The molecule has 0 aliphatic carbocycles. The van der Waals surface area contributed by atoms with Gasteiger partial charge in [0.05, 0.1) is 5.76 Å². The van der Waals surface area contributed by atoms with E-state index in [1.165, 1.54) is 17.9 Å². The average Bonchev–Trinajstić information content (AvgIpc) is 2.02. The SMILES string of the molecule is C=CCN(CC=C)C(=O)C=C(C)O. The third-order valence-electron chi connectivity index (χ3n) is 1.34. The molecular formula is C10H15NO2. The molecule has 0 saturated heterocycles. The molecule has 13 heavy (non-hydrogen) atoms. The molecule has 0 radical (unpaired) electrons. The van der Waals surface area contributed by atoms with Crippen molar-refractivity contribution in [3.8, 4) is 0 Å². The van der Waals surface area contributed by atoms with E-state index in [-0.39, 0.29) is 11.7 Å². The lowest BCUT2D eigenvalue weighted by Gasteiger charge is -2.16. The van der Waals surface area contributed by atoms with E-state index in [4.69, 9.17) is 5.11 Å². The fourth-order valence-electron chi connectivity index (χ4n) is 0.836. The standard InChI is InChI=1S/C10H15NO2/c1-4-6-11(7-5-2)10(13)8-9(3)12/h4-5,8,12H,1-2,6-7H2,3H3. The van der Waals surface area contributed by atoms with Gasteiger partial charge < -0.3 is 10.0 Å². The van der Waals surface area contributed by atoms with Crippen molar-refractivity contribution in [2.45, 2.75) is 6.92 Å². The van der Waals surface area contributed by atoms with Crippen LogP contribution < -0.4 is 0 Å². The molecule has 1 N–H and O–H groups in total. The second-order valence-electron chi connectivity index (χ2n) is 2.61. The van der Waals surface area contributed by atoms with Crippen LogP contribution in [0.15, 0.2) is 37.1 Å². The van der Waals surface area contributed by atoms with Gasteiger partial charge in [0.1, 0.15) is 0 Å². The smallest absolute Gasteiger partial charge is 0.250 e. The van der Waals surface area contributed by atoms with Gasteiger partial charge in [-0.3, -0.25) is 4.79 Å². The first-order valence-corrected chi connectivity index (χ1v) is 3.99. The molecular weight excluding hydrogens is 166 g/mol. The highest BCUT2D eigenvalue weighted by molar-refractivity contribution is 5.88. The van der Waals surface area contributed by atoms with Crippen LogP contribution in [0.25, 0.3) is 0 Å². The van der Waals surface area contributed by atoms with Gasteiger partial charge in [0.2, 0.25) is 5.91 Å². The van der Waals surface area contributed by atoms with Crippen LogP contribution in [0.4, 0.5) is 0 Å². The minimum absolute atomic E-state index is 0.00289. The highest BCUT2D eigenvalue weighted by Crippen LogP contribution is 1.95. The molecule has 0 aromatic heterocycles. The molecule has 0 unspecified atom stereocenters. The van der Waals surface area contributed by atoms with Crippen molar-refractivity contribution in [3.05, 3.63) is 37.1 Å². The second kappa shape index (κ2) is 6.06. The zero-order valence-corrected chi connectivity index (χ0v) is 7.86. The predicted octanol–water partition coefficient (Wildman–Crippen LogP) is 1.65. The summed E-state index contributed by atoms with van der Waals surface area (Å²) >= 11 is 0. The first kappa shape index (κ1) is 11.5. The summed E-state index contributed by atoms with van der Waals surface area (Å²) in [6.45, 7) is 9.43. The van der Waals surface area contributed by atoms with E-state index in [0.29, 0.717) is 13.1 Å². The molecule has 0 spiro atoms. The van der Waals surface area contributed by atoms with E-state index in [2.05, 4.69) is 13.2 Å². The Kier molecular flexibility index (Phi) is 5.35. The molecule has 0 aliphatic rings. The van der Waals surface area contributed by atoms with Crippen molar-refractivity contribution in [3.63, 3.8) is 0 Å². The molecule has 0 aliphatic heterocycles.